The summed E-state index contributed by atoms with van der Waals surface area (Å²) in [6.07, 6.45) is 4.69. The molecule has 1 aromatic rings. The quantitative estimate of drug-likeness (QED) is 0.903. The van der Waals surface area contributed by atoms with E-state index in [2.05, 4.69) is 31.9 Å². The van der Waals surface area contributed by atoms with Crippen LogP contribution in [0.5, 0.6) is 0 Å². The third-order valence-electron chi connectivity index (χ3n) is 4.24. The molecule has 2 heterocycles. The minimum Gasteiger partial charge on any atom is -0.455 e. The number of nitrogens with zero attached hydrogens (tertiary/aromatic N) is 1. The van der Waals surface area contributed by atoms with Crippen molar-refractivity contribution in [3.8, 4) is 0 Å². The molecule has 124 valence electrons. The highest BCUT2D eigenvalue weighted by Gasteiger charge is 2.27. The number of nitrogens with two attached hydrogens (primary N) is 1. The average Bonchev–Trinajstić information content (AvgIpc) is 2.85. The molecule has 1 aliphatic rings. The van der Waals surface area contributed by atoms with E-state index in [1.807, 2.05) is 17.8 Å². The molecule has 5 heteroatoms. The molecule has 0 bridgehead atoms. The Kier molecular flexibility index (Phi) is 5.61. The number of thioether (sulfide) groups is 1. The molecule has 1 amide bonds. The lowest BCUT2D eigenvalue weighted by atomic mass is 9.90. The SMILES string of the molecule is CSCC1CCN(Cc2cc(C(N)=O)oc2C(C)(C)C)CC1. The van der Waals surface area contributed by atoms with Gasteiger partial charge in [-0.15, -0.1) is 0 Å². The van der Waals surface area contributed by atoms with Gasteiger partial charge in [0.05, 0.1) is 0 Å². The van der Waals surface area contributed by atoms with Crippen LogP contribution < -0.4 is 5.73 Å². The van der Waals surface area contributed by atoms with E-state index in [1.165, 1.54) is 18.6 Å². The van der Waals surface area contributed by atoms with Gasteiger partial charge in [0.1, 0.15) is 5.76 Å². The maximum atomic E-state index is 11.4. The normalized spacial score (nSPS) is 17.8. The Balaban J connectivity index is 2.08. The summed E-state index contributed by atoms with van der Waals surface area (Å²) in [4.78, 5) is 13.9. The molecule has 1 saturated heterocycles. The van der Waals surface area contributed by atoms with Crippen LogP contribution in [0.15, 0.2) is 10.5 Å². The fourth-order valence-electron chi connectivity index (χ4n) is 3.09. The van der Waals surface area contributed by atoms with Gasteiger partial charge in [-0.05, 0) is 49.9 Å². The zero-order valence-electron chi connectivity index (χ0n) is 14.1. The minimum absolute atomic E-state index is 0.125. The smallest absolute Gasteiger partial charge is 0.284 e. The van der Waals surface area contributed by atoms with Crippen LogP contribution in [0, 0.1) is 5.92 Å². The molecule has 0 saturated carbocycles. The molecular weight excluding hydrogens is 296 g/mol. The van der Waals surface area contributed by atoms with Crippen molar-refractivity contribution in [1.82, 2.24) is 4.90 Å². The van der Waals surface area contributed by atoms with Gasteiger partial charge >= 0.3 is 0 Å². The number of furan rings is 1. The Morgan fingerprint density at radius 3 is 2.55 bits per heavy atom. The van der Waals surface area contributed by atoms with Crippen molar-refractivity contribution in [2.75, 3.05) is 25.1 Å². The highest BCUT2D eigenvalue weighted by Crippen LogP contribution is 2.31. The maximum Gasteiger partial charge on any atom is 0.284 e. The summed E-state index contributed by atoms with van der Waals surface area (Å²) in [7, 11) is 0. The lowest BCUT2D eigenvalue weighted by molar-refractivity contribution is 0.0970. The second-order valence-electron chi connectivity index (χ2n) is 7.25. The molecule has 2 rings (SSSR count). The Labute approximate surface area is 137 Å². The molecule has 22 heavy (non-hydrogen) atoms. The van der Waals surface area contributed by atoms with Gasteiger partial charge in [0, 0.05) is 17.5 Å². The Hall–Kier alpha value is -0.940. The molecule has 0 spiro atoms. The summed E-state index contributed by atoms with van der Waals surface area (Å²) in [6.45, 7) is 9.38. The van der Waals surface area contributed by atoms with E-state index < -0.39 is 5.91 Å². The molecule has 0 radical (unpaired) electrons. The second kappa shape index (κ2) is 7.09. The first-order chi connectivity index (χ1) is 10.3. The number of amides is 1. The molecular formula is C17H28N2O2S. The lowest BCUT2D eigenvalue weighted by Gasteiger charge is -2.32. The first kappa shape index (κ1) is 17.4. The van der Waals surface area contributed by atoms with Crippen LogP contribution in [0.4, 0.5) is 0 Å². The van der Waals surface area contributed by atoms with Crippen LogP contribution >= 0.6 is 11.8 Å². The number of hydrogen-bond acceptors (Lipinski definition) is 4. The molecule has 0 unspecified atom stereocenters. The van der Waals surface area contributed by atoms with Gasteiger partial charge in [0.25, 0.3) is 5.91 Å². The fraction of sp³-hybridized carbons (Fsp3) is 0.706. The number of carbonyl (C=O) groups is 1. The summed E-state index contributed by atoms with van der Waals surface area (Å²) < 4.78 is 5.74. The van der Waals surface area contributed by atoms with E-state index in [0.717, 1.165) is 36.9 Å². The number of piperidine rings is 1. The highest BCUT2D eigenvalue weighted by atomic mass is 32.2. The van der Waals surface area contributed by atoms with Crippen molar-refractivity contribution in [3.63, 3.8) is 0 Å². The van der Waals surface area contributed by atoms with Crippen molar-refractivity contribution in [3.05, 3.63) is 23.2 Å². The lowest BCUT2D eigenvalue weighted by Crippen LogP contribution is -2.34. The van der Waals surface area contributed by atoms with Crippen molar-refractivity contribution >= 4 is 17.7 Å². The monoisotopic (exact) mass is 324 g/mol. The molecule has 0 atom stereocenters. The van der Waals surface area contributed by atoms with E-state index in [4.69, 9.17) is 10.2 Å². The Morgan fingerprint density at radius 1 is 1.41 bits per heavy atom. The van der Waals surface area contributed by atoms with Crippen LogP contribution in [0.2, 0.25) is 0 Å². The van der Waals surface area contributed by atoms with Crippen LogP contribution in [-0.4, -0.2) is 35.9 Å². The zero-order chi connectivity index (χ0) is 16.3. The van der Waals surface area contributed by atoms with E-state index in [-0.39, 0.29) is 11.2 Å². The summed E-state index contributed by atoms with van der Waals surface area (Å²) in [6, 6.07) is 1.83. The van der Waals surface area contributed by atoms with E-state index >= 15 is 0 Å². The van der Waals surface area contributed by atoms with Gasteiger partial charge < -0.3 is 10.2 Å². The molecule has 0 aromatic carbocycles. The van der Waals surface area contributed by atoms with Gasteiger partial charge in [0.2, 0.25) is 0 Å². The van der Waals surface area contributed by atoms with Gasteiger partial charge in [-0.1, -0.05) is 20.8 Å². The second-order valence-corrected chi connectivity index (χ2v) is 8.16. The summed E-state index contributed by atoms with van der Waals surface area (Å²) in [5.41, 5.74) is 6.35. The van der Waals surface area contributed by atoms with Gasteiger partial charge in [-0.3, -0.25) is 9.69 Å². The summed E-state index contributed by atoms with van der Waals surface area (Å²) in [5, 5.41) is 0. The van der Waals surface area contributed by atoms with Crippen LogP contribution in [0.25, 0.3) is 0 Å². The highest BCUT2D eigenvalue weighted by molar-refractivity contribution is 7.98. The Morgan fingerprint density at radius 2 is 2.05 bits per heavy atom. The molecule has 2 N–H and O–H groups in total. The largest absolute Gasteiger partial charge is 0.455 e. The Bertz CT molecular complexity index is 511. The topological polar surface area (TPSA) is 59.5 Å². The predicted molar refractivity (Wildman–Crippen MR) is 92.3 cm³/mol. The van der Waals surface area contributed by atoms with Gasteiger partial charge in [-0.2, -0.15) is 11.8 Å². The van der Waals surface area contributed by atoms with E-state index in [1.54, 1.807) is 0 Å². The third-order valence-corrected chi connectivity index (χ3v) is 5.04. The number of likely N-dealkylation sites (tertiary alicyclic amines) is 1. The molecule has 0 aliphatic carbocycles. The van der Waals surface area contributed by atoms with Crippen molar-refractivity contribution in [2.24, 2.45) is 11.7 Å². The van der Waals surface area contributed by atoms with Crippen molar-refractivity contribution < 1.29 is 9.21 Å². The van der Waals surface area contributed by atoms with Crippen LogP contribution in [-0.2, 0) is 12.0 Å². The molecule has 1 fully saturated rings. The van der Waals surface area contributed by atoms with Crippen molar-refractivity contribution in [1.29, 1.82) is 0 Å². The fourth-order valence-corrected chi connectivity index (χ4v) is 3.89. The minimum atomic E-state index is -0.490. The third kappa shape index (κ3) is 4.29. The van der Waals surface area contributed by atoms with Gasteiger partial charge in [-0.25, -0.2) is 0 Å². The summed E-state index contributed by atoms with van der Waals surface area (Å²) in [5.74, 6) is 2.78. The molecule has 4 nitrogen and oxygen atoms in total. The zero-order valence-corrected chi connectivity index (χ0v) is 15.0. The number of rotatable bonds is 5. The van der Waals surface area contributed by atoms with Gasteiger partial charge in [0.15, 0.2) is 5.76 Å². The maximum absolute atomic E-state index is 11.4. The van der Waals surface area contributed by atoms with Crippen LogP contribution in [0.3, 0.4) is 0 Å². The van der Waals surface area contributed by atoms with Crippen molar-refractivity contribution in [2.45, 2.75) is 45.6 Å². The number of carbonyl (C=O) groups excluding carboxylic acids is 1. The molecule has 1 aliphatic heterocycles. The van der Waals surface area contributed by atoms with Crippen LogP contribution in [0.1, 0.15) is 55.5 Å². The number of hydrogen-bond donors (Lipinski definition) is 1. The summed E-state index contributed by atoms with van der Waals surface area (Å²) >= 11 is 1.94. The van der Waals surface area contributed by atoms with E-state index in [0.29, 0.717) is 0 Å². The number of primary amides is 1. The predicted octanol–water partition coefficient (Wildman–Crippen LogP) is 3.25. The first-order valence-corrected chi connectivity index (χ1v) is 9.35. The van der Waals surface area contributed by atoms with E-state index in [9.17, 15) is 4.79 Å². The molecule has 1 aromatic heterocycles. The standard InChI is InChI=1S/C17H28N2O2S/c1-17(2,3)15-13(9-14(21-15)16(18)20)10-19-7-5-12(6-8-19)11-22-4/h9,12H,5-8,10-11H2,1-4H3,(H2,18,20). The average molecular weight is 324 g/mol. The first-order valence-electron chi connectivity index (χ1n) is 7.95.